The lowest BCUT2D eigenvalue weighted by Crippen LogP contribution is -2.28. The molecule has 3 atom stereocenters. The van der Waals surface area contributed by atoms with E-state index in [4.69, 9.17) is 0 Å². The molecular weight excluding hydrogens is 117 g/mol. The van der Waals surface area contributed by atoms with Gasteiger partial charge >= 0.3 is 0 Å². The summed E-state index contributed by atoms with van der Waals surface area (Å²) in [5.74, 6) is 0. The highest BCUT2D eigenvalue weighted by Crippen LogP contribution is 2.14. The Hall–Kier alpha value is 0.390. The minimum Gasteiger partial charge on any atom is -0.313 e. The van der Waals surface area contributed by atoms with Crippen molar-refractivity contribution in [3.8, 4) is 0 Å². The van der Waals surface area contributed by atoms with Crippen molar-refractivity contribution in [1.82, 2.24) is 5.32 Å². The van der Waals surface area contributed by atoms with Gasteiger partial charge in [0.1, 0.15) is 0 Å². The molecule has 48 valence electrons. The van der Waals surface area contributed by atoms with Crippen LogP contribution in [0.5, 0.6) is 0 Å². The van der Waals surface area contributed by atoms with Crippen molar-refractivity contribution in [3.05, 3.63) is 0 Å². The van der Waals surface area contributed by atoms with Crippen LogP contribution in [0.15, 0.2) is 0 Å². The Bertz CT molecular complexity index is 66.9. The molecule has 0 bridgehead atoms. The van der Waals surface area contributed by atoms with Crippen molar-refractivity contribution in [2.75, 3.05) is 6.54 Å². The minimum absolute atomic E-state index is 0.748. The third-order valence-corrected chi connectivity index (χ3v) is 2.20. The van der Waals surface area contributed by atoms with Crippen LogP contribution < -0.4 is 5.32 Å². The van der Waals surface area contributed by atoms with Crippen molar-refractivity contribution >= 4 is 9.24 Å². The van der Waals surface area contributed by atoms with Crippen LogP contribution in [0.1, 0.15) is 19.8 Å². The lowest BCUT2D eigenvalue weighted by molar-refractivity contribution is 0.600. The van der Waals surface area contributed by atoms with Crippen LogP contribution in [-0.2, 0) is 0 Å². The maximum absolute atomic E-state index is 3.44. The van der Waals surface area contributed by atoms with Crippen LogP contribution in [0, 0.1) is 0 Å². The molecular formula is C6H14NP. The predicted octanol–water partition coefficient (Wildman–Crippen LogP) is 1.00. The normalized spacial score (nSPS) is 33.0. The molecule has 0 aliphatic carbocycles. The monoisotopic (exact) mass is 131 g/mol. The molecule has 1 rings (SSSR count). The lowest BCUT2D eigenvalue weighted by atomic mass is 10.2. The average molecular weight is 131 g/mol. The largest absolute Gasteiger partial charge is 0.313 e. The Balaban J connectivity index is 2.24. The third-order valence-electron chi connectivity index (χ3n) is 1.73. The molecule has 0 spiro atoms. The maximum atomic E-state index is 3.44. The van der Waals surface area contributed by atoms with Gasteiger partial charge in [-0.05, 0) is 25.0 Å². The second-order valence-corrected chi connectivity index (χ2v) is 3.61. The van der Waals surface area contributed by atoms with E-state index in [0.29, 0.717) is 0 Å². The molecule has 1 N–H and O–H groups in total. The second-order valence-electron chi connectivity index (χ2n) is 2.56. The van der Waals surface area contributed by atoms with Gasteiger partial charge in [-0.2, -0.15) is 0 Å². The van der Waals surface area contributed by atoms with E-state index in [2.05, 4.69) is 21.5 Å². The Kier molecular flexibility index (Phi) is 2.27. The van der Waals surface area contributed by atoms with E-state index < -0.39 is 0 Å². The maximum Gasteiger partial charge on any atom is 0.0128 e. The highest BCUT2D eigenvalue weighted by Gasteiger charge is 2.16. The molecule has 0 radical (unpaired) electrons. The number of nitrogens with one attached hydrogen (secondary N) is 1. The Morgan fingerprint density at radius 1 is 1.75 bits per heavy atom. The van der Waals surface area contributed by atoms with Crippen molar-refractivity contribution in [1.29, 1.82) is 0 Å². The van der Waals surface area contributed by atoms with Gasteiger partial charge in [-0.15, -0.1) is 9.24 Å². The number of hydrogen-bond donors (Lipinski definition) is 1. The highest BCUT2D eigenvalue weighted by molar-refractivity contribution is 7.17. The molecule has 1 aliphatic rings. The summed E-state index contributed by atoms with van der Waals surface area (Å²) in [6, 6.07) is 0.778. The van der Waals surface area contributed by atoms with Crippen LogP contribution in [0.4, 0.5) is 0 Å². The lowest BCUT2D eigenvalue weighted by Gasteiger charge is -2.12. The van der Waals surface area contributed by atoms with Crippen LogP contribution in [0.25, 0.3) is 0 Å². The Labute approximate surface area is 53.4 Å². The average Bonchev–Trinajstić information content (AvgIpc) is 2.12. The standard InChI is InChI=1S/C6H14NP/c1-5(8)6-3-2-4-7-6/h5-7H,2-4,8H2,1H3. The number of hydrogen-bond acceptors (Lipinski definition) is 1. The van der Waals surface area contributed by atoms with Crippen molar-refractivity contribution in [3.63, 3.8) is 0 Å². The molecule has 8 heavy (non-hydrogen) atoms. The highest BCUT2D eigenvalue weighted by atomic mass is 31.0. The zero-order valence-electron chi connectivity index (χ0n) is 5.35. The van der Waals surface area contributed by atoms with Crippen molar-refractivity contribution in [2.24, 2.45) is 0 Å². The Morgan fingerprint density at radius 3 is 2.75 bits per heavy atom. The first kappa shape index (κ1) is 6.51. The fourth-order valence-electron chi connectivity index (χ4n) is 1.16. The fourth-order valence-corrected chi connectivity index (χ4v) is 1.49. The molecule has 1 aliphatic heterocycles. The summed E-state index contributed by atoms with van der Waals surface area (Å²) in [5, 5.41) is 3.44. The molecule has 2 heteroatoms. The number of rotatable bonds is 1. The summed E-state index contributed by atoms with van der Waals surface area (Å²) in [6.45, 7) is 3.47. The summed E-state index contributed by atoms with van der Waals surface area (Å²) in [7, 11) is 2.84. The van der Waals surface area contributed by atoms with Crippen LogP contribution in [0.2, 0.25) is 0 Å². The van der Waals surface area contributed by atoms with Crippen molar-refractivity contribution < 1.29 is 0 Å². The molecule has 0 aromatic rings. The zero-order chi connectivity index (χ0) is 5.98. The topological polar surface area (TPSA) is 12.0 Å². The van der Waals surface area contributed by atoms with Gasteiger partial charge in [0, 0.05) is 6.04 Å². The summed E-state index contributed by atoms with van der Waals surface area (Å²) < 4.78 is 0. The molecule has 1 nitrogen and oxygen atoms in total. The van der Waals surface area contributed by atoms with Crippen LogP contribution in [-0.4, -0.2) is 18.2 Å². The summed E-state index contributed by atoms with van der Waals surface area (Å²) in [5.41, 5.74) is 0.748. The zero-order valence-corrected chi connectivity index (χ0v) is 6.51. The minimum atomic E-state index is 0.748. The molecule has 0 amide bonds. The van der Waals surface area contributed by atoms with E-state index >= 15 is 0 Å². The molecule has 1 saturated heterocycles. The first-order chi connectivity index (χ1) is 3.80. The fraction of sp³-hybridized carbons (Fsp3) is 1.00. The predicted molar refractivity (Wildman–Crippen MR) is 40.2 cm³/mol. The smallest absolute Gasteiger partial charge is 0.0128 e. The SMILES string of the molecule is CC(P)C1CCCN1. The Morgan fingerprint density at radius 2 is 2.50 bits per heavy atom. The molecule has 1 fully saturated rings. The summed E-state index contributed by atoms with van der Waals surface area (Å²) in [4.78, 5) is 0. The molecule has 3 unspecified atom stereocenters. The van der Waals surface area contributed by atoms with E-state index in [0.717, 1.165) is 11.7 Å². The van der Waals surface area contributed by atoms with Gasteiger partial charge in [-0.1, -0.05) is 6.92 Å². The van der Waals surface area contributed by atoms with Gasteiger partial charge in [0.05, 0.1) is 0 Å². The molecule has 1 heterocycles. The van der Waals surface area contributed by atoms with Gasteiger partial charge in [0.2, 0.25) is 0 Å². The van der Waals surface area contributed by atoms with Crippen molar-refractivity contribution in [2.45, 2.75) is 31.5 Å². The van der Waals surface area contributed by atoms with E-state index in [1.165, 1.54) is 19.4 Å². The summed E-state index contributed by atoms with van der Waals surface area (Å²) >= 11 is 0. The van der Waals surface area contributed by atoms with Gasteiger partial charge in [-0.3, -0.25) is 0 Å². The molecule has 0 saturated carbocycles. The third kappa shape index (κ3) is 1.43. The molecule has 0 aromatic carbocycles. The quantitative estimate of drug-likeness (QED) is 0.523. The van der Waals surface area contributed by atoms with Gasteiger partial charge < -0.3 is 5.32 Å². The van der Waals surface area contributed by atoms with E-state index in [1.54, 1.807) is 0 Å². The van der Waals surface area contributed by atoms with Gasteiger partial charge in [-0.25, -0.2) is 0 Å². The molecule has 0 aromatic heterocycles. The van der Waals surface area contributed by atoms with E-state index in [-0.39, 0.29) is 0 Å². The van der Waals surface area contributed by atoms with E-state index in [9.17, 15) is 0 Å². The van der Waals surface area contributed by atoms with Gasteiger partial charge in [0.15, 0.2) is 0 Å². The van der Waals surface area contributed by atoms with Crippen LogP contribution in [0.3, 0.4) is 0 Å². The van der Waals surface area contributed by atoms with Gasteiger partial charge in [0.25, 0.3) is 0 Å². The van der Waals surface area contributed by atoms with E-state index in [1.807, 2.05) is 0 Å². The first-order valence-corrected chi connectivity index (χ1v) is 3.96. The second kappa shape index (κ2) is 2.80. The summed E-state index contributed by atoms with van der Waals surface area (Å²) in [6.07, 6.45) is 2.73. The first-order valence-electron chi connectivity index (χ1n) is 3.29. The van der Waals surface area contributed by atoms with Crippen LogP contribution >= 0.6 is 9.24 Å².